The second-order valence-corrected chi connectivity index (χ2v) is 5.75. The molecule has 0 aliphatic rings. The lowest BCUT2D eigenvalue weighted by Gasteiger charge is -2.20. The van der Waals surface area contributed by atoms with Crippen LogP contribution in [0.2, 0.25) is 0 Å². The van der Waals surface area contributed by atoms with E-state index in [1.807, 2.05) is 12.1 Å². The second kappa shape index (κ2) is 7.84. The Labute approximate surface area is 128 Å². The van der Waals surface area contributed by atoms with Crippen molar-refractivity contribution in [1.82, 2.24) is 4.90 Å². The fourth-order valence-corrected chi connectivity index (χ4v) is 2.57. The highest BCUT2D eigenvalue weighted by atomic mass is 16.5. The van der Waals surface area contributed by atoms with Crippen molar-refractivity contribution in [2.24, 2.45) is 0 Å². The molecule has 0 bridgehead atoms. The summed E-state index contributed by atoms with van der Waals surface area (Å²) in [6.45, 7) is 1.11. The van der Waals surface area contributed by atoms with Gasteiger partial charge in [-0.25, -0.2) is 0 Å². The summed E-state index contributed by atoms with van der Waals surface area (Å²) < 4.78 is 5.23. The minimum absolute atomic E-state index is 0.557. The van der Waals surface area contributed by atoms with Gasteiger partial charge in [0, 0.05) is 0 Å². The molecule has 2 rings (SSSR count). The van der Waals surface area contributed by atoms with Gasteiger partial charge in [-0.2, -0.15) is 0 Å². The third kappa shape index (κ3) is 4.91. The van der Waals surface area contributed by atoms with Crippen molar-refractivity contribution in [1.29, 1.82) is 0 Å². The molecule has 1 unspecified atom stereocenters. The van der Waals surface area contributed by atoms with Crippen molar-refractivity contribution >= 4 is 0 Å². The number of nitrogens with zero attached hydrogens (tertiary/aromatic N) is 1. The number of rotatable bonds is 7. The van der Waals surface area contributed by atoms with Gasteiger partial charge in [-0.05, 0) is 62.7 Å². The molecule has 0 saturated heterocycles. The summed E-state index contributed by atoms with van der Waals surface area (Å²) in [4.78, 5) is 2.25. The van der Waals surface area contributed by atoms with Crippen molar-refractivity contribution < 1.29 is 4.74 Å². The number of hydrogen-bond acceptors (Lipinski definition) is 2. The summed E-state index contributed by atoms with van der Waals surface area (Å²) in [5.74, 6) is 1.48. The van der Waals surface area contributed by atoms with Crippen molar-refractivity contribution in [2.75, 3.05) is 27.7 Å². The largest absolute Gasteiger partial charge is 0.497 e. The van der Waals surface area contributed by atoms with Gasteiger partial charge in [0.2, 0.25) is 0 Å². The molecule has 0 amide bonds. The van der Waals surface area contributed by atoms with E-state index in [0.717, 1.165) is 18.7 Å². The first kappa shape index (κ1) is 15.6. The zero-order valence-electron chi connectivity index (χ0n) is 13.3. The maximum absolute atomic E-state index is 5.23. The summed E-state index contributed by atoms with van der Waals surface area (Å²) in [7, 11) is 5.98. The molecule has 0 heterocycles. The quantitative estimate of drug-likeness (QED) is 0.762. The Balaban J connectivity index is 2.10. The van der Waals surface area contributed by atoms with Crippen molar-refractivity contribution in [3.63, 3.8) is 0 Å². The van der Waals surface area contributed by atoms with Crippen LogP contribution in [0.15, 0.2) is 54.6 Å². The Kier molecular flexibility index (Phi) is 5.82. The summed E-state index contributed by atoms with van der Waals surface area (Å²) in [6.07, 6.45) is 2.24. The molecule has 2 aromatic rings. The Bertz CT molecular complexity index is 519. The van der Waals surface area contributed by atoms with E-state index in [2.05, 4.69) is 61.5 Å². The van der Waals surface area contributed by atoms with Crippen molar-refractivity contribution in [2.45, 2.75) is 18.8 Å². The van der Waals surface area contributed by atoms with Gasteiger partial charge in [0.25, 0.3) is 0 Å². The van der Waals surface area contributed by atoms with Gasteiger partial charge in [0.15, 0.2) is 0 Å². The predicted octanol–water partition coefficient (Wildman–Crippen LogP) is 3.97. The number of ether oxygens (including phenoxy) is 1. The number of benzene rings is 2. The zero-order valence-corrected chi connectivity index (χ0v) is 13.3. The molecule has 0 N–H and O–H groups in total. The first-order chi connectivity index (χ1) is 10.2. The van der Waals surface area contributed by atoms with Gasteiger partial charge in [-0.3, -0.25) is 0 Å². The average Bonchev–Trinajstić information content (AvgIpc) is 2.52. The van der Waals surface area contributed by atoms with Gasteiger partial charge in [0.1, 0.15) is 5.75 Å². The molecule has 1 atom stereocenters. The molecular formula is C19H25NO. The fourth-order valence-electron chi connectivity index (χ4n) is 2.57. The molecule has 0 radical (unpaired) electrons. The maximum atomic E-state index is 5.23. The van der Waals surface area contributed by atoms with Crippen LogP contribution in [-0.4, -0.2) is 32.6 Å². The normalized spacial score (nSPS) is 12.4. The zero-order chi connectivity index (χ0) is 15.1. The van der Waals surface area contributed by atoms with E-state index in [9.17, 15) is 0 Å². The highest BCUT2D eigenvalue weighted by molar-refractivity contribution is 5.29. The third-order valence-electron chi connectivity index (χ3n) is 3.84. The van der Waals surface area contributed by atoms with Crippen LogP contribution in [-0.2, 0) is 6.42 Å². The van der Waals surface area contributed by atoms with E-state index in [1.54, 1.807) is 7.11 Å². The molecule has 2 heteroatoms. The summed E-state index contributed by atoms with van der Waals surface area (Å²) in [5, 5.41) is 0. The minimum Gasteiger partial charge on any atom is -0.497 e. The smallest absolute Gasteiger partial charge is 0.118 e. The van der Waals surface area contributed by atoms with E-state index in [-0.39, 0.29) is 0 Å². The molecule has 0 aliphatic heterocycles. The Morgan fingerprint density at radius 1 is 0.952 bits per heavy atom. The summed E-state index contributed by atoms with van der Waals surface area (Å²) >= 11 is 0. The van der Waals surface area contributed by atoms with E-state index >= 15 is 0 Å². The Hall–Kier alpha value is -1.80. The maximum Gasteiger partial charge on any atom is 0.118 e. The monoisotopic (exact) mass is 283 g/mol. The van der Waals surface area contributed by atoms with Gasteiger partial charge < -0.3 is 9.64 Å². The molecule has 0 saturated carbocycles. The number of methoxy groups -OCH3 is 1. The second-order valence-electron chi connectivity index (χ2n) is 5.75. The van der Waals surface area contributed by atoms with Crippen LogP contribution in [0.3, 0.4) is 0 Å². The lowest BCUT2D eigenvalue weighted by Crippen LogP contribution is -2.17. The fraction of sp³-hybridized carbons (Fsp3) is 0.368. The summed E-state index contributed by atoms with van der Waals surface area (Å²) in [5.41, 5.74) is 2.79. The Morgan fingerprint density at radius 3 is 2.19 bits per heavy atom. The third-order valence-corrected chi connectivity index (χ3v) is 3.84. The van der Waals surface area contributed by atoms with Gasteiger partial charge in [0.05, 0.1) is 7.11 Å². The lowest BCUT2D eigenvalue weighted by atomic mass is 9.89. The van der Waals surface area contributed by atoms with Crippen molar-refractivity contribution in [3.05, 3.63) is 65.7 Å². The van der Waals surface area contributed by atoms with Gasteiger partial charge >= 0.3 is 0 Å². The SMILES string of the molecule is COc1ccc(CC(CCN(C)C)c2ccccc2)cc1. The van der Waals surface area contributed by atoms with Crippen LogP contribution in [0.4, 0.5) is 0 Å². The first-order valence-electron chi connectivity index (χ1n) is 7.51. The van der Waals surface area contributed by atoms with Crippen LogP contribution < -0.4 is 4.74 Å². The van der Waals surface area contributed by atoms with Crippen LogP contribution in [0.5, 0.6) is 5.75 Å². The molecule has 21 heavy (non-hydrogen) atoms. The highest BCUT2D eigenvalue weighted by Crippen LogP contribution is 2.25. The van der Waals surface area contributed by atoms with Crippen molar-refractivity contribution in [3.8, 4) is 5.75 Å². The van der Waals surface area contributed by atoms with Crippen LogP contribution >= 0.6 is 0 Å². The topological polar surface area (TPSA) is 12.5 Å². The predicted molar refractivity (Wildman–Crippen MR) is 89.1 cm³/mol. The highest BCUT2D eigenvalue weighted by Gasteiger charge is 2.12. The standard InChI is InChI=1S/C19H25NO/c1-20(2)14-13-18(17-7-5-4-6-8-17)15-16-9-11-19(21-3)12-10-16/h4-12,18H,13-15H2,1-3H3. The molecule has 0 fully saturated rings. The van der Waals surface area contributed by atoms with Gasteiger partial charge in [-0.15, -0.1) is 0 Å². The molecule has 2 aromatic carbocycles. The number of hydrogen-bond donors (Lipinski definition) is 0. The minimum atomic E-state index is 0.557. The van der Waals surface area contributed by atoms with Crippen LogP contribution in [0, 0.1) is 0 Å². The van der Waals surface area contributed by atoms with Crippen LogP contribution in [0.25, 0.3) is 0 Å². The Morgan fingerprint density at radius 2 is 1.62 bits per heavy atom. The molecule has 0 aliphatic carbocycles. The van der Waals surface area contributed by atoms with Crippen LogP contribution in [0.1, 0.15) is 23.5 Å². The first-order valence-corrected chi connectivity index (χ1v) is 7.51. The average molecular weight is 283 g/mol. The molecular weight excluding hydrogens is 258 g/mol. The lowest BCUT2D eigenvalue weighted by molar-refractivity contribution is 0.379. The molecule has 2 nitrogen and oxygen atoms in total. The van der Waals surface area contributed by atoms with Gasteiger partial charge in [-0.1, -0.05) is 42.5 Å². The van der Waals surface area contributed by atoms with E-state index in [4.69, 9.17) is 4.74 Å². The molecule has 0 aromatic heterocycles. The van der Waals surface area contributed by atoms with E-state index < -0.39 is 0 Å². The molecule has 0 spiro atoms. The summed E-state index contributed by atoms with van der Waals surface area (Å²) in [6, 6.07) is 19.3. The van der Waals surface area contributed by atoms with E-state index in [1.165, 1.54) is 17.5 Å². The van der Waals surface area contributed by atoms with E-state index in [0.29, 0.717) is 5.92 Å². The molecule has 112 valence electrons.